The van der Waals surface area contributed by atoms with Crippen molar-refractivity contribution in [3.8, 4) is 0 Å². The molecule has 19 heavy (non-hydrogen) atoms. The molecule has 0 atom stereocenters. The fraction of sp³-hybridized carbons (Fsp3) is 0.0625. The summed E-state index contributed by atoms with van der Waals surface area (Å²) in [6.45, 7) is 0. The van der Waals surface area contributed by atoms with E-state index < -0.39 is 0 Å². The molecule has 1 aromatic carbocycles. The van der Waals surface area contributed by atoms with Crippen LogP contribution in [0.25, 0.3) is 5.57 Å². The Morgan fingerprint density at radius 1 is 1.16 bits per heavy atom. The molecule has 2 nitrogen and oxygen atoms in total. The van der Waals surface area contributed by atoms with Gasteiger partial charge in [0.05, 0.1) is 5.70 Å². The van der Waals surface area contributed by atoms with Crippen LogP contribution < -0.4 is 0 Å². The number of allylic oxidation sites excluding steroid dienone is 2. The van der Waals surface area contributed by atoms with Crippen LogP contribution in [0.1, 0.15) is 11.3 Å². The Labute approximate surface area is 117 Å². The summed E-state index contributed by atoms with van der Waals surface area (Å²) in [5.41, 5.74) is 4.41. The average Bonchev–Trinajstić information content (AvgIpc) is 3.13. The van der Waals surface area contributed by atoms with E-state index in [0.29, 0.717) is 0 Å². The molecule has 3 heteroatoms. The van der Waals surface area contributed by atoms with Gasteiger partial charge in [-0.05, 0) is 48.2 Å². The molecule has 3 rings (SSSR count). The minimum Gasteiger partial charge on any atom is -0.361 e. The maximum absolute atomic E-state index is 4.43. The van der Waals surface area contributed by atoms with Gasteiger partial charge in [-0.2, -0.15) is 0 Å². The Morgan fingerprint density at radius 2 is 2.00 bits per heavy atom. The zero-order chi connectivity index (χ0) is 13.1. The van der Waals surface area contributed by atoms with Crippen LogP contribution in [-0.4, -0.2) is 17.5 Å². The quantitative estimate of drug-likeness (QED) is 0.831. The highest BCUT2D eigenvalue weighted by Crippen LogP contribution is 2.29. The highest BCUT2D eigenvalue weighted by molar-refractivity contribution is 7.98. The molecule has 1 N–H and O–H groups in total. The van der Waals surface area contributed by atoms with Gasteiger partial charge in [0.15, 0.2) is 0 Å². The Morgan fingerprint density at radius 3 is 2.58 bits per heavy atom. The molecule has 0 saturated carbocycles. The van der Waals surface area contributed by atoms with Gasteiger partial charge in [0.2, 0.25) is 0 Å². The van der Waals surface area contributed by atoms with Crippen LogP contribution in [0.2, 0.25) is 0 Å². The number of nitrogens with zero attached hydrogens (tertiary/aromatic N) is 1. The lowest BCUT2D eigenvalue weighted by Gasteiger charge is -2.09. The summed E-state index contributed by atoms with van der Waals surface area (Å²) in [4.78, 5) is 8.97. The number of rotatable bonds is 3. The monoisotopic (exact) mass is 266 g/mol. The number of benzene rings is 1. The van der Waals surface area contributed by atoms with Gasteiger partial charge >= 0.3 is 0 Å². The van der Waals surface area contributed by atoms with E-state index in [9.17, 15) is 0 Å². The summed E-state index contributed by atoms with van der Waals surface area (Å²) >= 11 is 1.75. The van der Waals surface area contributed by atoms with Crippen LogP contribution in [0.5, 0.6) is 0 Å². The first-order valence-electron chi connectivity index (χ1n) is 6.11. The minimum atomic E-state index is 0.999. The Bertz CT molecular complexity index is 633. The molecule has 0 amide bonds. The Hall–Kier alpha value is -2.00. The van der Waals surface area contributed by atoms with Crippen molar-refractivity contribution in [2.45, 2.75) is 4.90 Å². The fourth-order valence-corrected chi connectivity index (χ4v) is 2.54. The van der Waals surface area contributed by atoms with Crippen molar-refractivity contribution in [2.24, 2.45) is 4.99 Å². The number of thioether (sulfide) groups is 1. The Balaban J connectivity index is 2.12. The van der Waals surface area contributed by atoms with E-state index in [1.807, 2.05) is 30.6 Å². The maximum atomic E-state index is 4.43. The lowest BCUT2D eigenvalue weighted by atomic mass is 10.0. The molecule has 2 aromatic rings. The average molecular weight is 266 g/mol. The molecule has 94 valence electrons. The molecule has 0 unspecified atom stereocenters. The minimum absolute atomic E-state index is 0.999. The second kappa shape index (κ2) is 5.33. The van der Waals surface area contributed by atoms with Gasteiger partial charge in [0, 0.05) is 28.6 Å². The second-order valence-electron chi connectivity index (χ2n) is 4.21. The number of hydrogen-bond acceptors (Lipinski definition) is 2. The van der Waals surface area contributed by atoms with E-state index >= 15 is 0 Å². The van der Waals surface area contributed by atoms with Crippen LogP contribution in [0, 0.1) is 0 Å². The van der Waals surface area contributed by atoms with Crippen molar-refractivity contribution in [3.63, 3.8) is 0 Å². The summed E-state index contributed by atoms with van der Waals surface area (Å²) in [6.07, 6.45) is 9.86. The van der Waals surface area contributed by atoms with Gasteiger partial charge in [-0.3, -0.25) is 4.99 Å². The lowest BCUT2D eigenvalue weighted by molar-refractivity contribution is 1.31. The highest BCUT2D eigenvalue weighted by atomic mass is 32.2. The number of aliphatic imine (C=N–C) groups is 1. The number of aromatic nitrogens is 1. The smallest absolute Gasteiger partial charge is 0.0729 e. The summed E-state index contributed by atoms with van der Waals surface area (Å²) in [6, 6.07) is 12.7. The van der Waals surface area contributed by atoms with Crippen LogP contribution in [0.4, 0.5) is 0 Å². The van der Waals surface area contributed by atoms with E-state index in [0.717, 1.165) is 17.0 Å². The molecule has 0 radical (unpaired) electrons. The largest absolute Gasteiger partial charge is 0.361 e. The van der Waals surface area contributed by atoms with E-state index in [1.165, 1.54) is 10.5 Å². The van der Waals surface area contributed by atoms with Crippen molar-refractivity contribution >= 4 is 23.5 Å². The zero-order valence-electron chi connectivity index (χ0n) is 10.6. The number of nitrogens with one attached hydrogen (secondary N) is 1. The molecule has 2 heterocycles. The van der Waals surface area contributed by atoms with E-state index in [1.54, 1.807) is 11.8 Å². The molecule has 1 aliphatic heterocycles. The molecule has 0 spiro atoms. The molecular weight excluding hydrogens is 252 g/mol. The van der Waals surface area contributed by atoms with Crippen molar-refractivity contribution in [1.29, 1.82) is 0 Å². The Kier molecular flexibility index (Phi) is 3.38. The van der Waals surface area contributed by atoms with Gasteiger partial charge in [-0.25, -0.2) is 0 Å². The highest BCUT2D eigenvalue weighted by Gasteiger charge is 2.12. The third kappa shape index (κ3) is 2.42. The first-order chi connectivity index (χ1) is 9.38. The van der Waals surface area contributed by atoms with Crippen LogP contribution >= 0.6 is 11.8 Å². The summed E-state index contributed by atoms with van der Waals surface area (Å²) < 4.78 is 0. The second-order valence-corrected chi connectivity index (χ2v) is 5.09. The van der Waals surface area contributed by atoms with E-state index in [2.05, 4.69) is 46.6 Å². The summed E-state index contributed by atoms with van der Waals surface area (Å²) in [5.74, 6) is 0. The first kappa shape index (κ1) is 12.1. The molecule has 0 fully saturated rings. The van der Waals surface area contributed by atoms with Crippen LogP contribution in [0.3, 0.4) is 0 Å². The molecule has 0 aliphatic carbocycles. The number of H-pyrrole nitrogens is 1. The third-order valence-corrected chi connectivity index (χ3v) is 3.80. The van der Waals surface area contributed by atoms with Crippen molar-refractivity contribution in [1.82, 2.24) is 4.98 Å². The van der Waals surface area contributed by atoms with Crippen LogP contribution in [-0.2, 0) is 0 Å². The van der Waals surface area contributed by atoms with Gasteiger partial charge in [-0.15, -0.1) is 11.8 Å². The van der Waals surface area contributed by atoms with Crippen molar-refractivity contribution < 1.29 is 0 Å². The SMILES string of the molecule is CSc1ccc(/C(=C2\C=CC=N2)c2ccc[nH]2)cc1. The number of hydrogen-bond donors (Lipinski definition) is 1. The number of aromatic amines is 1. The molecular formula is C16H14N2S. The summed E-state index contributed by atoms with van der Waals surface area (Å²) in [7, 11) is 0. The van der Waals surface area contributed by atoms with Gasteiger partial charge in [-0.1, -0.05) is 12.1 Å². The van der Waals surface area contributed by atoms with Gasteiger partial charge < -0.3 is 4.98 Å². The van der Waals surface area contributed by atoms with Crippen molar-refractivity contribution in [2.75, 3.05) is 6.26 Å². The fourth-order valence-electron chi connectivity index (χ4n) is 2.13. The lowest BCUT2D eigenvalue weighted by Crippen LogP contribution is -1.91. The normalized spacial score (nSPS) is 16.1. The maximum Gasteiger partial charge on any atom is 0.0729 e. The van der Waals surface area contributed by atoms with Gasteiger partial charge in [0.25, 0.3) is 0 Å². The molecule has 0 bridgehead atoms. The molecule has 1 aromatic heterocycles. The first-order valence-corrected chi connectivity index (χ1v) is 7.34. The van der Waals surface area contributed by atoms with Crippen molar-refractivity contribution in [3.05, 3.63) is 71.7 Å². The van der Waals surface area contributed by atoms with E-state index in [4.69, 9.17) is 0 Å². The predicted molar refractivity (Wildman–Crippen MR) is 82.7 cm³/mol. The van der Waals surface area contributed by atoms with Crippen LogP contribution in [0.15, 0.2) is 70.3 Å². The zero-order valence-corrected chi connectivity index (χ0v) is 11.4. The molecule has 0 saturated heterocycles. The van der Waals surface area contributed by atoms with E-state index in [-0.39, 0.29) is 0 Å². The third-order valence-electron chi connectivity index (χ3n) is 3.06. The summed E-state index contributed by atoms with van der Waals surface area (Å²) in [5, 5.41) is 0. The predicted octanol–water partition coefficient (Wildman–Crippen LogP) is 4.14. The standard InChI is InChI=1S/C16H14N2S/c1-19-13-8-6-12(7-9-13)16(14-4-2-10-17-14)15-5-3-11-18-15/h2-11,17H,1H3/b16-15-. The van der Waals surface area contributed by atoms with Gasteiger partial charge in [0.1, 0.15) is 0 Å². The topological polar surface area (TPSA) is 28.1 Å². The molecule has 1 aliphatic rings.